The van der Waals surface area contributed by atoms with Gasteiger partial charge in [0.1, 0.15) is 0 Å². The van der Waals surface area contributed by atoms with Crippen LogP contribution in [0.3, 0.4) is 0 Å². The van der Waals surface area contributed by atoms with E-state index in [1.807, 2.05) is 6.92 Å². The zero-order chi connectivity index (χ0) is 8.15. The average molecular weight is 142 g/mol. The molecule has 0 aliphatic rings. The highest BCUT2D eigenvalue weighted by Gasteiger charge is 2.06. The molecule has 0 aliphatic carbocycles. The largest absolute Gasteiger partial charge is 0.329 e. The van der Waals surface area contributed by atoms with Crippen LogP contribution in [0.5, 0.6) is 0 Å². The highest BCUT2D eigenvalue weighted by Crippen LogP contribution is 2.12. The van der Waals surface area contributed by atoms with Crippen LogP contribution >= 0.6 is 0 Å². The van der Waals surface area contributed by atoms with E-state index in [0.717, 1.165) is 6.42 Å². The fourth-order valence-electron chi connectivity index (χ4n) is 0.752. The van der Waals surface area contributed by atoms with Crippen LogP contribution in [0.4, 0.5) is 0 Å². The SMILES string of the molecule is C=C(C)C(C)CC(N)CN. The molecule has 0 bridgehead atoms. The molecule has 0 aromatic rings. The number of hydrogen-bond donors (Lipinski definition) is 2. The monoisotopic (exact) mass is 142 g/mol. The zero-order valence-corrected chi connectivity index (χ0v) is 6.93. The fraction of sp³-hybridized carbons (Fsp3) is 0.750. The van der Waals surface area contributed by atoms with E-state index in [9.17, 15) is 0 Å². The second kappa shape index (κ2) is 4.47. The van der Waals surface area contributed by atoms with Gasteiger partial charge in [-0.3, -0.25) is 0 Å². The summed E-state index contributed by atoms with van der Waals surface area (Å²) >= 11 is 0. The number of allylic oxidation sites excluding steroid dienone is 1. The van der Waals surface area contributed by atoms with Crippen LogP contribution in [0.2, 0.25) is 0 Å². The van der Waals surface area contributed by atoms with Crippen LogP contribution in [0.15, 0.2) is 12.2 Å². The van der Waals surface area contributed by atoms with Gasteiger partial charge in [-0.2, -0.15) is 0 Å². The van der Waals surface area contributed by atoms with Crippen molar-refractivity contribution in [1.82, 2.24) is 0 Å². The summed E-state index contributed by atoms with van der Waals surface area (Å²) in [4.78, 5) is 0. The Kier molecular flexibility index (Phi) is 4.32. The van der Waals surface area contributed by atoms with Crippen LogP contribution in [-0.4, -0.2) is 12.6 Å². The minimum absolute atomic E-state index is 0.131. The van der Waals surface area contributed by atoms with Gasteiger partial charge in [-0.05, 0) is 19.3 Å². The van der Waals surface area contributed by atoms with Gasteiger partial charge in [0, 0.05) is 12.6 Å². The molecule has 0 aromatic heterocycles. The minimum Gasteiger partial charge on any atom is -0.329 e. The lowest BCUT2D eigenvalue weighted by molar-refractivity contribution is 0.520. The Balaban J connectivity index is 3.56. The lowest BCUT2D eigenvalue weighted by atomic mass is 9.96. The number of rotatable bonds is 4. The molecule has 0 aliphatic heterocycles. The van der Waals surface area contributed by atoms with Crippen molar-refractivity contribution in [2.24, 2.45) is 17.4 Å². The van der Waals surface area contributed by atoms with E-state index >= 15 is 0 Å². The summed E-state index contributed by atoms with van der Waals surface area (Å²) in [6, 6.07) is 0.131. The highest BCUT2D eigenvalue weighted by molar-refractivity contribution is 4.95. The normalized spacial score (nSPS) is 16.4. The maximum absolute atomic E-state index is 5.65. The smallest absolute Gasteiger partial charge is 0.0168 e. The molecule has 0 rings (SSSR count). The van der Waals surface area contributed by atoms with Crippen molar-refractivity contribution in [2.45, 2.75) is 26.3 Å². The van der Waals surface area contributed by atoms with Gasteiger partial charge in [-0.1, -0.05) is 19.1 Å². The van der Waals surface area contributed by atoms with E-state index < -0.39 is 0 Å². The van der Waals surface area contributed by atoms with Crippen molar-refractivity contribution in [2.75, 3.05) is 6.54 Å². The summed E-state index contributed by atoms with van der Waals surface area (Å²) in [5, 5.41) is 0. The first-order chi connectivity index (χ1) is 4.57. The van der Waals surface area contributed by atoms with Gasteiger partial charge in [0.25, 0.3) is 0 Å². The van der Waals surface area contributed by atoms with E-state index in [1.165, 1.54) is 5.57 Å². The Bertz CT molecular complexity index is 110. The average Bonchev–Trinajstić information content (AvgIpc) is 1.87. The Morgan fingerprint density at radius 2 is 2.10 bits per heavy atom. The van der Waals surface area contributed by atoms with Crippen molar-refractivity contribution >= 4 is 0 Å². The quantitative estimate of drug-likeness (QED) is 0.572. The fourth-order valence-corrected chi connectivity index (χ4v) is 0.752. The molecule has 0 saturated heterocycles. The summed E-state index contributed by atoms with van der Waals surface area (Å²) in [5.41, 5.74) is 12.2. The topological polar surface area (TPSA) is 52.0 Å². The summed E-state index contributed by atoms with van der Waals surface area (Å²) < 4.78 is 0. The predicted molar refractivity (Wildman–Crippen MR) is 45.6 cm³/mol. The molecule has 2 atom stereocenters. The van der Waals surface area contributed by atoms with Crippen LogP contribution in [0.1, 0.15) is 20.3 Å². The Morgan fingerprint density at radius 3 is 2.40 bits per heavy atom. The predicted octanol–water partition coefficient (Wildman–Crippen LogP) is 0.875. The van der Waals surface area contributed by atoms with E-state index in [4.69, 9.17) is 11.5 Å². The molecule has 2 unspecified atom stereocenters. The van der Waals surface area contributed by atoms with Crippen molar-refractivity contribution < 1.29 is 0 Å². The molecule has 0 heterocycles. The standard InChI is InChI=1S/C8H18N2/c1-6(2)7(3)4-8(10)5-9/h7-8H,1,4-5,9-10H2,2-3H3. The molecule has 0 aromatic carbocycles. The number of nitrogens with two attached hydrogens (primary N) is 2. The van der Waals surface area contributed by atoms with Crippen molar-refractivity contribution in [3.05, 3.63) is 12.2 Å². The number of hydrogen-bond acceptors (Lipinski definition) is 2. The summed E-state index contributed by atoms with van der Waals surface area (Å²) in [6.07, 6.45) is 0.950. The van der Waals surface area contributed by atoms with Crippen LogP contribution < -0.4 is 11.5 Å². The molecule has 0 amide bonds. The third-order valence-corrected chi connectivity index (χ3v) is 1.80. The van der Waals surface area contributed by atoms with Gasteiger partial charge in [-0.15, -0.1) is 0 Å². The molecule has 60 valence electrons. The molecular weight excluding hydrogens is 124 g/mol. The summed E-state index contributed by atoms with van der Waals surface area (Å²) in [6.45, 7) is 8.56. The highest BCUT2D eigenvalue weighted by atomic mass is 14.7. The summed E-state index contributed by atoms with van der Waals surface area (Å²) in [7, 11) is 0. The molecule has 0 saturated carbocycles. The summed E-state index contributed by atoms with van der Waals surface area (Å²) in [5.74, 6) is 0.499. The van der Waals surface area contributed by atoms with Gasteiger partial charge in [-0.25, -0.2) is 0 Å². The molecule has 0 radical (unpaired) electrons. The van der Waals surface area contributed by atoms with Crippen LogP contribution in [0.25, 0.3) is 0 Å². The van der Waals surface area contributed by atoms with Gasteiger partial charge in [0.2, 0.25) is 0 Å². The Morgan fingerprint density at radius 1 is 1.60 bits per heavy atom. The Labute approximate surface area is 63.3 Å². The van der Waals surface area contributed by atoms with E-state index in [-0.39, 0.29) is 6.04 Å². The zero-order valence-electron chi connectivity index (χ0n) is 6.93. The first kappa shape index (κ1) is 9.66. The first-order valence-electron chi connectivity index (χ1n) is 3.69. The molecule has 2 nitrogen and oxygen atoms in total. The lowest BCUT2D eigenvalue weighted by Gasteiger charge is -2.15. The van der Waals surface area contributed by atoms with Crippen molar-refractivity contribution in [3.63, 3.8) is 0 Å². The van der Waals surface area contributed by atoms with Crippen LogP contribution in [0, 0.1) is 5.92 Å². The molecule has 2 heteroatoms. The molecule has 10 heavy (non-hydrogen) atoms. The van der Waals surface area contributed by atoms with Crippen LogP contribution in [-0.2, 0) is 0 Å². The van der Waals surface area contributed by atoms with E-state index in [1.54, 1.807) is 0 Å². The van der Waals surface area contributed by atoms with E-state index in [0.29, 0.717) is 12.5 Å². The molecule has 0 spiro atoms. The maximum Gasteiger partial charge on any atom is 0.0168 e. The Hall–Kier alpha value is -0.340. The van der Waals surface area contributed by atoms with Gasteiger partial charge in [0.05, 0.1) is 0 Å². The van der Waals surface area contributed by atoms with Crippen molar-refractivity contribution in [1.29, 1.82) is 0 Å². The molecule has 0 fully saturated rings. The van der Waals surface area contributed by atoms with Crippen molar-refractivity contribution in [3.8, 4) is 0 Å². The van der Waals surface area contributed by atoms with Gasteiger partial charge >= 0.3 is 0 Å². The third-order valence-electron chi connectivity index (χ3n) is 1.80. The second-order valence-corrected chi connectivity index (χ2v) is 2.98. The maximum atomic E-state index is 5.65. The molecule has 4 N–H and O–H groups in total. The first-order valence-corrected chi connectivity index (χ1v) is 3.69. The minimum atomic E-state index is 0.131. The van der Waals surface area contributed by atoms with Gasteiger partial charge in [0.15, 0.2) is 0 Å². The lowest BCUT2D eigenvalue weighted by Crippen LogP contribution is -2.31. The second-order valence-electron chi connectivity index (χ2n) is 2.98. The van der Waals surface area contributed by atoms with E-state index in [2.05, 4.69) is 13.5 Å². The van der Waals surface area contributed by atoms with Gasteiger partial charge < -0.3 is 11.5 Å². The third kappa shape index (κ3) is 3.64. The molecular formula is C8H18N2.